The van der Waals surface area contributed by atoms with Gasteiger partial charge in [-0.15, -0.1) is 0 Å². The van der Waals surface area contributed by atoms with E-state index in [0.717, 1.165) is 6.07 Å². The lowest BCUT2D eigenvalue weighted by Crippen LogP contribution is -2.13. The van der Waals surface area contributed by atoms with Crippen molar-refractivity contribution in [1.29, 1.82) is 0 Å². The molecule has 0 aromatic carbocycles. The van der Waals surface area contributed by atoms with Crippen LogP contribution in [0.2, 0.25) is 0 Å². The minimum Gasteiger partial charge on any atom is -0.477 e. The molecular weight excluding hydrogens is 287 g/mol. The highest BCUT2D eigenvalue weighted by Crippen LogP contribution is 2.36. The Morgan fingerprint density at radius 3 is 2.56 bits per heavy atom. The Bertz CT molecular complexity index is 366. The van der Waals surface area contributed by atoms with Gasteiger partial charge in [-0.05, 0) is 27.9 Å². The lowest BCUT2D eigenvalue weighted by molar-refractivity contribution is -0.139. The van der Waals surface area contributed by atoms with E-state index in [1.54, 1.807) is 0 Å². The van der Waals surface area contributed by atoms with Crippen LogP contribution in [0.4, 0.5) is 13.2 Å². The van der Waals surface area contributed by atoms with Gasteiger partial charge in [0, 0.05) is 10.7 Å². The molecule has 6 heteroatoms. The van der Waals surface area contributed by atoms with Gasteiger partial charge in [-0.2, -0.15) is 13.2 Å². The van der Waals surface area contributed by atoms with Gasteiger partial charge < -0.3 is 4.74 Å². The highest BCUT2D eigenvalue weighted by molar-refractivity contribution is 9.10. The Hall–Kier alpha value is -0.780. The second-order valence-electron chi connectivity index (χ2n) is 3.71. The lowest BCUT2D eigenvalue weighted by Gasteiger charge is -2.14. The summed E-state index contributed by atoms with van der Waals surface area (Å²) in [5.41, 5.74) is -0.859. The molecule has 0 saturated carbocycles. The average molecular weight is 298 g/mol. The van der Waals surface area contributed by atoms with Gasteiger partial charge in [0.15, 0.2) is 0 Å². The third-order valence-electron chi connectivity index (χ3n) is 1.68. The van der Waals surface area contributed by atoms with Crippen LogP contribution in [0.5, 0.6) is 5.88 Å². The smallest absolute Gasteiger partial charge is 0.421 e. The molecule has 0 fully saturated rings. The third kappa shape index (κ3) is 3.66. The Labute approximate surface area is 100.0 Å². The van der Waals surface area contributed by atoms with Crippen LogP contribution in [0.1, 0.15) is 19.4 Å². The molecule has 1 heterocycles. The molecule has 0 radical (unpaired) electrons. The summed E-state index contributed by atoms with van der Waals surface area (Å²) < 4.78 is 43.1. The van der Waals surface area contributed by atoms with Crippen LogP contribution in [-0.2, 0) is 6.18 Å². The van der Waals surface area contributed by atoms with Gasteiger partial charge in [-0.3, -0.25) is 0 Å². The Morgan fingerprint density at radius 1 is 1.44 bits per heavy atom. The van der Waals surface area contributed by atoms with Gasteiger partial charge in [0.25, 0.3) is 0 Å². The lowest BCUT2D eigenvalue weighted by atomic mass is 10.2. The molecular formula is C10H11BrF3NO. The first-order valence-electron chi connectivity index (χ1n) is 4.66. The van der Waals surface area contributed by atoms with Crippen LogP contribution in [-0.4, -0.2) is 11.6 Å². The largest absolute Gasteiger partial charge is 0.477 e. The number of aromatic nitrogens is 1. The van der Waals surface area contributed by atoms with Crippen LogP contribution >= 0.6 is 15.9 Å². The molecule has 0 atom stereocenters. The Morgan fingerprint density at radius 2 is 2.06 bits per heavy atom. The van der Waals surface area contributed by atoms with Crippen LogP contribution in [0, 0.1) is 5.92 Å². The molecule has 0 amide bonds. The van der Waals surface area contributed by atoms with Crippen molar-refractivity contribution in [3.63, 3.8) is 0 Å². The Balaban J connectivity index is 2.99. The number of nitrogens with zero attached hydrogens (tertiary/aromatic N) is 1. The van der Waals surface area contributed by atoms with Crippen molar-refractivity contribution in [3.05, 3.63) is 22.3 Å². The molecule has 0 N–H and O–H groups in total. The van der Waals surface area contributed by atoms with E-state index in [1.165, 1.54) is 6.20 Å². The molecule has 1 rings (SSSR count). The number of hydrogen-bond acceptors (Lipinski definition) is 2. The molecule has 1 aromatic rings. The maximum Gasteiger partial charge on any atom is 0.421 e. The molecule has 16 heavy (non-hydrogen) atoms. The SMILES string of the molecule is CC(C)COc1ncc(Br)cc1C(F)(F)F. The molecule has 0 aliphatic carbocycles. The predicted octanol–water partition coefficient (Wildman–Crippen LogP) is 3.90. The fourth-order valence-electron chi connectivity index (χ4n) is 0.990. The first kappa shape index (κ1) is 13.3. The maximum atomic E-state index is 12.6. The quantitative estimate of drug-likeness (QED) is 0.844. The summed E-state index contributed by atoms with van der Waals surface area (Å²) in [5.74, 6) is -0.226. The number of alkyl halides is 3. The Kier molecular flexibility index (Phi) is 4.18. The van der Waals surface area contributed by atoms with Crippen LogP contribution in [0.3, 0.4) is 0 Å². The second-order valence-corrected chi connectivity index (χ2v) is 4.62. The average Bonchev–Trinajstić information content (AvgIpc) is 2.14. The summed E-state index contributed by atoms with van der Waals surface area (Å²) >= 11 is 2.95. The molecule has 90 valence electrons. The van der Waals surface area contributed by atoms with E-state index in [-0.39, 0.29) is 22.9 Å². The normalized spacial score (nSPS) is 11.9. The van der Waals surface area contributed by atoms with E-state index in [0.29, 0.717) is 0 Å². The van der Waals surface area contributed by atoms with Gasteiger partial charge in [-0.1, -0.05) is 13.8 Å². The van der Waals surface area contributed by atoms with Crippen molar-refractivity contribution in [2.24, 2.45) is 5.92 Å². The van der Waals surface area contributed by atoms with E-state index in [9.17, 15) is 13.2 Å². The standard InChI is InChI=1S/C10H11BrF3NO/c1-6(2)5-16-9-8(10(12,13)14)3-7(11)4-15-9/h3-4,6H,5H2,1-2H3. The molecule has 0 aliphatic rings. The number of halogens is 4. The highest BCUT2D eigenvalue weighted by Gasteiger charge is 2.35. The van der Waals surface area contributed by atoms with E-state index in [4.69, 9.17) is 4.74 Å². The second kappa shape index (κ2) is 5.03. The number of rotatable bonds is 3. The molecule has 1 aromatic heterocycles. The highest BCUT2D eigenvalue weighted by atomic mass is 79.9. The minimum absolute atomic E-state index is 0.145. The predicted molar refractivity (Wildman–Crippen MR) is 57.3 cm³/mol. The topological polar surface area (TPSA) is 22.1 Å². The van der Waals surface area contributed by atoms with Crippen molar-refractivity contribution in [1.82, 2.24) is 4.98 Å². The zero-order chi connectivity index (χ0) is 12.3. The fourth-order valence-corrected chi connectivity index (χ4v) is 1.32. The minimum atomic E-state index is -4.46. The van der Waals surface area contributed by atoms with Crippen molar-refractivity contribution in [3.8, 4) is 5.88 Å². The van der Waals surface area contributed by atoms with E-state index >= 15 is 0 Å². The summed E-state index contributed by atoms with van der Waals surface area (Å²) in [6, 6.07) is 0.961. The van der Waals surface area contributed by atoms with Crippen molar-refractivity contribution < 1.29 is 17.9 Å². The van der Waals surface area contributed by atoms with Crippen LogP contribution in [0.25, 0.3) is 0 Å². The summed E-state index contributed by atoms with van der Waals surface area (Å²) in [5, 5.41) is 0. The zero-order valence-electron chi connectivity index (χ0n) is 8.81. The molecule has 0 spiro atoms. The van der Waals surface area contributed by atoms with Crippen molar-refractivity contribution in [2.75, 3.05) is 6.61 Å². The zero-order valence-corrected chi connectivity index (χ0v) is 10.4. The van der Waals surface area contributed by atoms with E-state index in [1.807, 2.05) is 13.8 Å². The number of hydrogen-bond donors (Lipinski definition) is 0. The fraction of sp³-hybridized carbons (Fsp3) is 0.500. The summed E-state index contributed by atoms with van der Waals surface area (Å²) in [6.45, 7) is 3.91. The molecule has 0 saturated heterocycles. The maximum absolute atomic E-state index is 12.6. The summed E-state index contributed by atoms with van der Waals surface area (Å²) in [7, 11) is 0. The monoisotopic (exact) mass is 297 g/mol. The van der Waals surface area contributed by atoms with E-state index < -0.39 is 11.7 Å². The molecule has 2 nitrogen and oxygen atoms in total. The van der Waals surface area contributed by atoms with E-state index in [2.05, 4.69) is 20.9 Å². The first-order chi connectivity index (χ1) is 7.30. The van der Waals surface area contributed by atoms with Gasteiger partial charge in [0.2, 0.25) is 5.88 Å². The van der Waals surface area contributed by atoms with Crippen molar-refractivity contribution >= 4 is 15.9 Å². The van der Waals surface area contributed by atoms with Gasteiger partial charge in [0.05, 0.1) is 6.61 Å². The molecule has 0 aliphatic heterocycles. The van der Waals surface area contributed by atoms with Gasteiger partial charge in [-0.25, -0.2) is 4.98 Å². The number of ether oxygens (including phenoxy) is 1. The first-order valence-corrected chi connectivity index (χ1v) is 5.45. The van der Waals surface area contributed by atoms with Crippen molar-refractivity contribution in [2.45, 2.75) is 20.0 Å². The summed E-state index contributed by atoms with van der Waals surface area (Å²) in [4.78, 5) is 3.63. The number of pyridine rings is 1. The van der Waals surface area contributed by atoms with Crippen LogP contribution < -0.4 is 4.74 Å². The third-order valence-corrected chi connectivity index (χ3v) is 2.11. The van der Waals surface area contributed by atoms with Gasteiger partial charge >= 0.3 is 6.18 Å². The van der Waals surface area contributed by atoms with Gasteiger partial charge in [0.1, 0.15) is 5.56 Å². The summed E-state index contributed by atoms with van der Waals surface area (Å²) in [6.07, 6.45) is -3.17. The molecule has 0 unspecified atom stereocenters. The molecule has 0 bridgehead atoms. The van der Waals surface area contributed by atoms with Crippen LogP contribution in [0.15, 0.2) is 16.7 Å².